The summed E-state index contributed by atoms with van der Waals surface area (Å²) < 4.78 is 19.5. The molecule has 7 heteroatoms. The SMILES string of the molecule is CC(C)(C)[Si](C)(C)OC1CCC(=O)N(Cc2ccc(F)cc2Cl)N1. The van der Waals surface area contributed by atoms with Crippen molar-refractivity contribution in [3.8, 4) is 0 Å². The summed E-state index contributed by atoms with van der Waals surface area (Å²) in [5.41, 5.74) is 3.87. The van der Waals surface area contributed by atoms with Crippen LogP contribution in [0.15, 0.2) is 18.2 Å². The highest BCUT2D eigenvalue weighted by Gasteiger charge is 2.40. The Kier molecular flexibility index (Phi) is 5.74. The number of hydrogen-bond donors (Lipinski definition) is 1. The van der Waals surface area contributed by atoms with Crippen LogP contribution in [0.4, 0.5) is 4.39 Å². The lowest BCUT2D eigenvalue weighted by Gasteiger charge is -2.42. The number of benzene rings is 1. The summed E-state index contributed by atoms with van der Waals surface area (Å²) in [6.45, 7) is 11.2. The Bertz CT molecular complexity index is 619. The van der Waals surface area contributed by atoms with E-state index in [9.17, 15) is 9.18 Å². The third-order valence-corrected chi connectivity index (χ3v) is 9.65. The van der Waals surface area contributed by atoms with Crippen LogP contribution in [0, 0.1) is 5.82 Å². The number of carbonyl (C=O) groups excluding carboxylic acids is 1. The Hall–Kier alpha value is -0.953. The van der Waals surface area contributed by atoms with Crippen molar-refractivity contribution in [2.24, 2.45) is 0 Å². The average Bonchev–Trinajstić information content (AvgIpc) is 2.44. The van der Waals surface area contributed by atoms with Crippen LogP contribution in [0.5, 0.6) is 0 Å². The van der Waals surface area contributed by atoms with Gasteiger partial charge < -0.3 is 4.43 Å². The van der Waals surface area contributed by atoms with Gasteiger partial charge in [0.2, 0.25) is 5.91 Å². The first-order chi connectivity index (χ1) is 11.0. The molecule has 0 bridgehead atoms. The molecule has 1 aliphatic heterocycles. The van der Waals surface area contributed by atoms with Crippen LogP contribution >= 0.6 is 11.6 Å². The zero-order chi connectivity index (χ0) is 18.1. The van der Waals surface area contributed by atoms with Gasteiger partial charge in [-0.25, -0.2) is 9.82 Å². The van der Waals surface area contributed by atoms with Gasteiger partial charge in [0.15, 0.2) is 8.32 Å². The van der Waals surface area contributed by atoms with Crippen LogP contribution in [-0.2, 0) is 15.8 Å². The molecule has 1 unspecified atom stereocenters. The normalized spacial score (nSPS) is 19.7. The maximum Gasteiger partial charge on any atom is 0.237 e. The lowest BCUT2D eigenvalue weighted by atomic mass is 10.2. The molecule has 1 aliphatic rings. The van der Waals surface area contributed by atoms with Gasteiger partial charge in [0.25, 0.3) is 0 Å². The second-order valence-electron chi connectivity index (χ2n) is 7.75. The number of rotatable bonds is 4. The minimum absolute atomic E-state index is 0.00882. The molecule has 1 aromatic carbocycles. The van der Waals surface area contributed by atoms with E-state index in [1.54, 1.807) is 6.07 Å². The second kappa shape index (κ2) is 7.12. The number of hydrogen-bond acceptors (Lipinski definition) is 3. The van der Waals surface area contributed by atoms with E-state index < -0.39 is 8.32 Å². The van der Waals surface area contributed by atoms with Gasteiger partial charge in [0, 0.05) is 11.4 Å². The highest BCUT2D eigenvalue weighted by atomic mass is 35.5. The third-order valence-electron chi connectivity index (χ3n) is 4.81. The summed E-state index contributed by atoms with van der Waals surface area (Å²) in [6, 6.07) is 4.21. The van der Waals surface area contributed by atoms with Crippen LogP contribution in [-0.4, -0.2) is 25.5 Å². The first-order valence-corrected chi connectivity index (χ1v) is 11.5. The van der Waals surface area contributed by atoms with E-state index in [4.69, 9.17) is 16.0 Å². The fourth-order valence-electron chi connectivity index (χ4n) is 2.27. The molecule has 4 nitrogen and oxygen atoms in total. The molecule has 1 amide bonds. The standard InChI is InChI=1S/C17H26ClFN2O2Si/c1-17(2,3)24(4,5)23-15-8-9-16(22)21(20-15)11-12-6-7-13(19)10-14(12)18/h6-7,10,15,20H,8-9,11H2,1-5H3. The molecule has 1 atom stereocenters. The zero-order valence-corrected chi connectivity index (χ0v) is 16.7. The molecule has 134 valence electrons. The van der Waals surface area contributed by atoms with Gasteiger partial charge in [0.1, 0.15) is 12.0 Å². The predicted molar refractivity (Wildman–Crippen MR) is 96.4 cm³/mol. The van der Waals surface area contributed by atoms with Crippen LogP contribution in [0.25, 0.3) is 0 Å². The maximum absolute atomic E-state index is 13.2. The molecule has 1 N–H and O–H groups in total. The molecular formula is C17H26ClFN2O2Si. The first-order valence-electron chi connectivity index (χ1n) is 8.18. The minimum atomic E-state index is -1.93. The molecule has 0 aromatic heterocycles. The molecule has 1 saturated heterocycles. The van der Waals surface area contributed by atoms with Crippen molar-refractivity contribution in [3.63, 3.8) is 0 Å². The van der Waals surface area contributed by atoms with Crippen molar-refractivity contribution < 1.29 is 13.6 Å². The number of nitrogens with zero attached hydrogens (tertiary/aromatic N) is 1. The lowest BCUT2D eigenvalue weighted by Crippen LogP contribution is -2.57. The third kappa shape index (κ3) is 4.56. The van der Waals surface area contributed by atoms with Crippen molar-refractivity contribution in [3.05, 3.63) is 34.6 Å². The zero-order valence-electron chi connectivity index (χ0n) is 15.0. The van der Waals surface area contributed by atoms with Crippen molar-refractivity contribution in [2.75, 3.05) is 0 Å². The van der Waals surface area contributed by atoms with Crippen LogP contribution in [0.2, 0.25) is 23.2 Å². The minimum Gasteiger partial charge on any atom is -0.400 e. The summed E-state index contributed by atoms with van der Waals surface area (Å²) in [5, 5.41) is 1.94. The Morgan fingerprint density at radius 3 is 2.67 bits per heavy atom. The number of amides is 1. The van der Waals surface area contributed by atoms with Gasteiger partial charge in [-0.15, -0.1) is 0 Å². The predicted octanol–water partition coefficient (Wildman–Crippen LogP) is 4.45. The Morgan fingerprint density at radius 1 is 1.42 bits per heavy atom. The van der Waals surface area contributed by atoms with E-state index in [0.717, 1.165) is 0 Å². The van der Waals surface area contributed by atoms with Gasteiger partial charge in [-0.2, -0.15) is 0 Å². The highest BCUT2D eigenvalue weighted by molar-refractivity contribution is 6.74. The number of hydrazine groups is 1. The molecule has 0 aliphatic carbocycles. The van der Waals surface area contributed by atoms with E-state index in [0.29, 0.717) is 23.4 Å². The smallest absolute Gasteiger partial charge is 0.237 e. The molecule has 0 saturated carbocycles. The summed E-state index contributed by atoms with van der Waals surface area (Å²) in [7, 11) is -1.93. The molecular weight excluding hydrogens is 347 g/mol. The van der Waals surface area contributed by atoms with E-state index in [2.05, 4.69) is 39.3 Å². The molecule has 2 rings (SSSR count). The summed E-state index contributed by atoms with van der Waals surface area (Å²) in [4.78, 5) is 12.2. The van der Waals surface area contributed by atoms with Crippen molar-refractivity contribution in [2.45, 2.75) is 64.5 Å². The number of carbonyl (C=O) groups is 1. The lowest BCUT2D eigenvalue weighted by molar-refractivity contribution is -0.144. The average molecular weight is 373 g/mol. The van der Waals surface area contributed by atoms with E-state index in [1.807, 2.05) is 0 Å². The van der Waals surface area contributed by atoms with Crippen molar-refractivity contribution in [1.29, 1.82) is 0 Å². The fraction of sp³-hybridized carbons (Fsp3) is 0.588. The molecule has 1 aromatic rings. The molecule has 0 radical (unpaired) electrons. The highest BCUT2D eigenvalue weighted by Crippen LogP contribution is 2.37. The number of nitrogens with one attached hydrogen (secondary N) is 1. The molecule has 0 spiro atoms. The Morgan fingerprint density at radius 2 is 2.08 bits per heavy atom. The van der Waals surface area contributed by atoms with E-state index >= 15 is 0 Å². The Balaban J connectivity index is 2.07. The monoisotopic (exact) mass is 372 g/mol. The van der Waals surface area contributed by atoms with Gasteiger partial charge in [-0.3, -0.25) is 9.80 Å². The maximum atomic E-state index is 13.2. The summed E-state index contributed by atoms with van der Waals surface area (Å²) in [5.74, 6) is -0.397. The topological polar surface area (TPSA) is 41.6 Å². The van der Waals surface area contributed by atoms with Crippen molar-refractivity contribution >= 4 is 25.8 Å². The van der Waals surface area contributed by atoms with Gasteiger partial charge in [-0.1, -0.05) is 38.4 Å². The fourth-order valence-corrected chi connectivity index (χ4v) is 3.73. The summed E-state index contributed by atoms with van der Waals surface area (Å²) in [6.07, 6.45) is 0.882. The molecule has 1 heterocycles. The Labute approximate surface area is 149 Å². The van der Waals surface area contributed by atoms with Crippen molar-refractivity contribution in [1.82, 2.24) is 10.4 Å². The second-order valence-corrected chi connectivity index (χ2v) is 12.9. The quantitative estimate of drug-likeness (QED) is 0.793. The molecule has 1 fully saturated rings. The van der Waals surface area contributed by atoms with Crippen LogP contribution in [0.1, 0.15) is 39.2 Å². The van der Waals surface area contributed by atoms with Crippen LogP contribution in [0.3, 0.4) is 0 Å². The largest absolute Gasteiger partial charge is 0.400 e. The van der Waals surface area contributed by atoms with E-state index in [1.165, 1.54) is 17.1 Å². The van der Waals surface area contributed by atoms with Gasteiger partial charge >= 0.3 is 0 Å². The summed E-state index contributed by atoms with van der Waals surface area (Å²) >= 11 is 6.07. The van der Waals surface area contributed by atoms with Crippen LogP contribution < -0.4 is 5.43 Å². The van der Waals surface area contributed by atoms with Gasteiger partial charge in [0.05, 0.1) is 6.54 Å². The van der Waals surface area contributed by atoms with E-state index in [-0.39, 0.29) is 29.5 Å². The number of halogens is 2. The first kappa shape index (κ1) is 19.4. The van der Waals surface area contributed by atoms with Gasteiger partial charge in [-0.05, 0) is 42.2 Å². The molecule has 24 heavy (non-hydrogen) atoms.